The van der Waals surface area contributed by atoms with E-state index >= 15 is 0 Å². The summed E-state index contributed by atoms with van der Waals surface area (Å²) in [6, 6.07) is 3.91. The topological polar surface area (TPSA) is 38.0 Å². The molecule has 1 aliphatic rings. The third-order valence-corrected chi connectivity index (χ3v) is 2.84. The van der Waals surface area contributed by atoms with Gasteiger partial charge in [0.1, 0.15) is 0 Å². The number of fused-ring (bicyclic) bond motifs is 1. The maximum Gasteiger partial charge on any atom is 0.416 e. The van der Waals surface area contributed by atoms with Crippen molar-refractivity contribution in [2.45, 2.75) is 25.1 Å². The molecule has 3 N–H and O–H groups in total. The lowest BCUT2D eigenvalue weighted by atomic mass is 9.96. The second-order valence-corrected chi connectivity index (χ2v) is 3.99. The first-order valence-electron chi connectivity index (χ1n) is 5.17. The van der Waals surface area contributed by atoms with Gasteiger partial charge in [-0.05, 0) is 30.5 Å². The van der Waals surface area contributed by atoms with Crippen LogP contribution in [0, 0.1) is 0 Å². The van der Waals surface area contributed by atoms with Gasteiger partial charge in [0.15, 0.2) is 0 Å². The molecule has 5 heteroatoms. The van der Waals surface area contributed by atoms with E-state index < -0.39 is 11.7 Å². The third-order valence-electron chi connectivity index (χ3n) is 2.84. The molecule has 1 aromatic carbocycles. The maximum atomic E-state index is 12.5. The van der Waals surface area contributed by atoms with E-state index in [9.17, 15) is 13.2 Å². The summed E-state index contributed by atoms with van der Waals surface area (Å²) < 4.78 is 37.5. The molecule has 0 radical (unpaired) electrons. The summed E-state index contributed by atoms with van der Waals surface area (Å²) in [5.74, 6) is 0. The highest BCUT2D eigenvalue weighted by Gasteiger charge is 2.31. The molecule has 1 aliphatic heterocycles. The van der Waals surface area contributed by atoms with Crippen molar-refractivity contribution >= 4 is 5.69 Å². The highest BCUT2D eigenvalue weighted by atomic mass is 19.4. The Morgan fingerprint density at radius 2 is 2.12 bits per heavy atom. The van der Waals surface area contributed by atoms with Crippen LogP contribution in [0.5, 0.6) is 0 Å². The molecule has 0 amide bonds. The van der Waals surface area contributed by atoms with Crippen LogP contribution in [0.25, 0.3) is 0 Å². The lowest BCUT2D eigenvalue weighted by Crippen LogP contribution is -2.32. The monoisotopic (exact) mass is 230 g/mol. The number of halogens is 3. The predicted octanol–water partition coefficient (Wildman–Crippen LogP) is 2.39. The summed E-state index contributed by atoms with van der Waals surface area (Å²) in [6.45, 7) is 0.440. The fourth-order valence-electron chi connectivity index (χ4n) is 1.90. The van der Waals surface area contributed by atoms with E-state index in [1.165, 1.54) is 6.07 Å². The lowest BCUT2D eigenvalue weighted by molar-refractivity contribution is -0.137. The van der Waals surface area contributed by atoms with Crippen LogP contribution < -0.4 is 11.1 Å². The number of benzene rings is 1. The van der Waals surface area contributed by atoms with Crippen LogP contribution in [-0.2, 0) is 12.6 Å². The Morgan fingerprint density at radius 1 is 1.38 bits per heavy atom. The minimum atomic E-state index is -4.29. The Labute approximate surface area is 91.6 Å². The molecule has 16 heavy (non-hydrogen) atoms. The van der Waals surface area contributed by atoms with Crippen LogP contribution in [-0.4, -0.2) is 12.6 Å². The molecule has 1 heterocycles. The number of hydrogen-bond donors (Lipinski definition) is 2. The van der Waals surface area contributed by atoms with Crippen molar-refractivity contribution in [3.63, 3.8) is 0 Å². The zero-order valence-corrected chi connectivity index (χ0v) is 8.64. The van der Waals surface area contributed by atoms with Gasteiger partial charge in [0.25, 0.3) is 0 Å². The van der Waals surface area contributed by atoms with Gasteiger partial charge < -0.3 is 11.1 Å². The van der Waals surface area contributed by atoms with Gasteiger partial charge in [-0.3, -0.25) is 0 Å². The molecule has 1 aromatic rings. The first-order chi connectivity index (χ1) is 7.50. The van der Waals surface area contributed by atoms with Crippen molar-refractivity contribution in [2.24, 2.45) is 5.73 Å². The zero-order valence-electron chi connectivity index (χ0n) is 8.64. The predicted molar refractivity (Wildman–Crippen MR) is 56.2 cm³/mol. The van der Waals surface area contributed by atoms with Crippen LogP contribution in [0.3, 0.4) is 0 Å². The van der Waals surface area contributed by atoms with Gasteiger partial charge in [-0.2, -0.15) is 13.2 Å². The number of nitrogens with two attached hydrogens (primary N) is 1. The Kier molecular flexibility index (Phi) is 2.80. The van der Waals surface area contributed by atoms with Gasteiger partial charge in [-0.15, -0.1) is 0 Å². The van der Waals surface area contributed by atoms with E-state index in [1.54, 1.807) is 0 Å². The summed E-state index contributed by atoms with van der Waals surface area (Å²) >= 11 is 0. The third kappa shape index (κ3) is 2.14. The van der Waals surface area contributed by atoms with E-state index in [0.717, 1.165) is 30.5 Å². The fourth-order valence-corrected chi connectivity index (χ4v) is 1.90. The Hall–Kier alpha value is -1.23. The molecule has 0 spiro atoms. The quantitative estimate of drug-likeness (QED) is 0.777. The molecule has 1 atom stereocenters. The Bertz CT molecular complexity index is 387. The van der Waals surface area contributed by atoms with Crippen LogP contribution in [0.1, 0.15) is 17.5 Å². The van der Waals surface area contributed by atoms with Crippen LogP contribution in [0.2, 0.25) is 0 Å². The van der Waals surface area contributed by atoms with Crippen molar-refractivity contribution < 1.29 is 13.2 Å². The summed E-state index contributed by atoms with van der Waals surface area (Å²) in [4.78, 5) is 0. The summed E-state index contributed by atoms with van der Waals surface area (Å²) in [7, 11) is 0. The lowest BCUT2D eigenvalue weighted by Gasteiger charge is -2.26. The second-order valence-electron chi connectivity index (χ2n) is 3.99. The fraction of sp³-hybridized carbons (Fsp3) is 0.455. The smallest absolute Gasteiger partial charge is 0.381 e. The van der Waals surface area contributed by atoms with Gasteiger partial charge in [0.2, 0.25) is 0 Å². The largest absolute Gasteiger partial charge is 0.416 e. The van der Waals surface area contributed by atoms with Gasteiger partial charge in [0.05, 0.1) is 5.56 Å². The molecule has 0 saturated carbocycles. The van der Waals surface area contributed by atoms with E-state index in [-0.39, 0.29) is 6.04 Å². The first kappa shape index (κ1) is 11.3. The highest BCUT2D eigenvalue weighted by molar-refractivity contribution is 5.56. The minimum absolute atomic E-state index is 0.0796. The molecule has 0 saturated heterocycles. The summed E-state index contributed by atoms with van der Waals surface area (Å²) in [6.07, 6.45) is -2.64. The van der Waals surface area contributed by atoms with E-state index in [4.69, 9.17) is 5.73 Å². The van der Waals surface area contributed by atoms with Crippen LogP contribution >= 0.6 is 0 Å². The molecule has 2 nitrogen and oxygen atoms in total. The van der Waals surface area contributed by atoms with Gasteiger partial charge in [-0.1, -0.05) is 6.07 Å². The first-order valence-corrected chi connectivity index (χ1v) is 5.17. The van der Waals surface area contributed by atoms with Crippen molar-refractivity contribution in [3.8, 4) is 0 Å². The van der Waals surface area contributed by atoms with Crippen molar-refractivity contribution in [3.05, 3.63) is 29.3 Å². The normalized spacial score (nSPS) is 20.1. The van der Waals surface area contributed by atoms with E-state index in [2.05, 4.69) is 5.32 Å². The average Bonchev–Trinajstić information content (AvgIpc) is 2.26. The van der Waals surface area contributed by atoms with Crippen molar-refractivity contribution in [2.75, 3.05) is 11.9 Å². The standard InChI is InChI=1S/C11H13F3N2/c12-11(13,14)8-3-1-7-2-4-9(6-15)16-10(7)5-8/h1,3,5,9,16H,2,4,6,15H2. The zero-order chi connectivity index (χ0) is 11.8. The molecular formula is C11H13F3N2. The number of aryl methyl sites for hydroxylation is 1. The molecule has 0 aliphatic carbocycles. The SMILES string of the molecule is NCC1CCc2ccc(C(F)(F)F)cc2N1. The summed E-state index contributed by atoms with van der Waals surface area (Å²) in [5.41, 5.74) is 6.38. The number of alkyl halides is 3. The second kappa shape index (κ2) is 3.97. The summed E-state index contributed by atoms with van der Waals surface area (Å²) in [5, 5.41) is 3.03. The number of anilines is 1. The molecule has 2 rings (SSSR count). The highest BCUT2D eigenvalue weighted by Crippen LogP contribution is 2.34. The molecule has 0 fully saturated rings. The molecule has 1 unspecified atom stereocenters. The Balaban J connectivity index is 2.31. The number of hydrogen-bond acceptors (Lipinski definition) is 2. The van der Waals surface area contributed by atoms with Crippen molar-refractivity contribution in [1.29, 1.82) is 0 Å². The van der Waals surface area contributed by atoms with Crippen LogP contribution in [0.4, 0.5) is 18.9 Å². The van der Waals surface area contributed by atoms with Crippen LogP contribution in [0.15, 0.2) is 18.2 Å². The number of nitrogens with one attached hydrogen (secondary N) is 1. The minimum Gasteiger partial charge on any atom is -0.381 e. The number of rotatable bonds is 1. The van der Waals surface area contributed by atoms with Crippen molar-refractivity contribution in [1.82, 2.24) is 0 Å². The maximum absolute atomic E-state index is 12.5. The van der Waals surface area contributed by atoms with E-state index in [1.807, 2.05) is 0 Å². The van der Waals surface area contributed by atoms with Gasteiger partial charge in [0, 0.05) is 18.3 Å². The Morgan fingerprint density at radius 3 is 2.75 bits per heavy atom. The van der Waals surface area contributed by atoms with E-state index in [0.29, 0.717) is 12.2 Å². The average molecular weight is 230 g/mol. The molecule has 0 aromatic heterocycles. The van der Waals surface area contributed by atoms with Gasteiger partial charge >= 0.3 is 6.18 Å². The van der Waals surface area contributed by atoms with Gasteiger partial charge in [-0.25, -0.2) is 0 Å². The molecular weight excluding hydrogens is 217 g/mol. The molecule has 88 valence electrons. The molecule has 0 bridgehead atoms.